The molecular weight excluding hydrogens is 436 g/mol. The van der Waals surface area contributed by atoms with Crippen LogP contribution < -0.4 is 10.3 Å². The van der Waals surface area contributed by atoms with Crippen LogP contribution in [0, 0.1) is 5.41 Å². The highest BCUT2D eigenvalue weighted by Crippen LogP contribution is 2.43. The van der Waals surface area contributed by atoms with Crippen molar-refractivity contribution in [2.45, 2.75) is 47.5 Å². The molecule has 5 nitrogen and oxygen atoms in total. The van der Waals surface area contributed by atoms with Gasteiger partial charge in [-0.05, 0) is 74.6 Å². The van der Waals surface area contributed by atoms with Crippen LogP contribution in [0.25, 0.3) is 33.4 Å². The summed E-state index contributed by atoms with van der Waals surface area (Å²) in [6.45, 7) is 12.5. The van der Waals surface area contributed by atoms with Crippen molar-refractivity contribution in [2.75, 3.05) is 24.6 Å². The predicted molar refractivity (Wildman–Crippen MR) is 142 cm³/mol. The first kappa shape index (κ1) is 24.5. The summed E-state index contributed by atoms with van der Waals surface area (Å²) in [6, 6.07) is 15.8. The number of rotatable bonds is 8. The van der Waals surface area contributed by atoms with Gasteiger partial charge in [-0.2, -0.15) is 0 Å². The van der Waals surface area contributed by atoms with Gasteiger partial charge in [0.05, 0.1) is 17.5 Å². The molecule has 0 fully saturated rings. The van der Waals surface area contributed by atoms with Crippen LogP contribution in [-0.4, -0.2) is 25.7 Å². The van der Waals surface area contributed by atoms with Crippen molar-refractivity contribution in [1.82, 2.24) is 0 Å². The fourth-order valence-electron chi connectivity index (χ4n) is 5.06. The molecule has 0 radical (unpaired) electrons. The quantitative estimate of drug-likeness (QED) is 0.226. The smallest absolute Gasteiger partial charge is 0.338 e. The monoisotopic (exact) mass is 470 g/mol. The number of anilines is 1. The Morgan fingerprint density at radius 1 is 0.914 bits per heavy atom. The van der Waals surface area contributed by atoms with Gasteiger partial charge in [-0.3, -0.25) is 0 Å². The molecule has 1 aliphatic carbocycles. The zero-order valence-electron chi connectivity index (χ0n) is 21.3. The summed E-state index contributed by atoms with van der Waals surface area (Å²) < 4.78 is 11.8. The Hall–Kier alpha value is -3.60. The number of nitrogens with one attached hydrogen (secondary N) is 1. The van der Waals surface area contributed by atoms with Gasteiger partial charge in [0.15, 0.2) is 0 Å². The van der Waals surface area contributed by atoms with E-state index in [2.05, 4.69) is 50.8 Å². The van der Waals surface area contributed by atoms with E-state index in [-0.39, 0.29) is 5.97 Å². The molecule has 35 heavy (non-hydrogen) atoms. The third-order valence-electron chi connectivity index (χ3n) is 6.72. The van der Waals surface area contributed by atoms with E-state index in [0.717, 1.165) is 70.4 Å². The summed E-state index contributed by atoms with van der Waals surface area (Å²) in [5.41, 5.74) is 7.55. The summed E-state index contributed by atoms with van der Waals surface area (Å²) >= 11 is 0. The molecule has 0 spiro atoms. The molecule has 0 saturated carbocycles. The maximum atomic E-state index is 12.5. The van der Waals surface area contributed by atoms with Gasteiger partial charge in [0.25, 0.3) is 0 Å². The Morgan fingerprint density at radius 2 is 1.66 bits per heavy atom. The van der Waals surface area contributed by atoms with E-state index < -0.39 is 0 Å². The van der Waals surface area contributed by atoms with Crippen molar-refractivity contribution >= 4 is 22.6 Å². The standard InChI is InChI=1S/C30H34N2O3/c1-6-22-23(7-2)29-27(18-25(22)31)35-26-17-21(32(8-3)9-4)14-15-24(26)28(29)19-12-11-13-20(16-19)30(33)34-10-5/h11-18,31H,6-10H2,1-5H3. The highest BCUT2D eigenvalue weighted by molar-refractivity contribution is 6.04. The van der Waals surface area contributed by atoms with Crippen LogP contribution >= 0.6 is 0 Å². The third-order valence-corrected chi connectivity index (χ3v) is 6.72. The largest absolute Gasteiger partial charge is 0.462 e. The summed E-state index contributed by atoms with van der Waals surface area (Å²) in [4.78, 5) is 14.8. The van der Waals surface area contributed by atoms with Crippen molar-refractivity contribution in [3.05, 3.63) is 70.6 Å². The van der Waals surface area contributed by atoms with Crippen molar-refractivity contribution in [1.29, 1.82) is 5.41 Å². The van der Waals surface area contributed by atoms with E-state index in [1.54, 1.807) is 6.07 Å². The van der Waals surface area contributed by atoms with Crippen LogP contribution in [0.5, 0.6) is 0 Å². The topological polar surface area (TPSA) is 66.5 Å². The number of carbonyl (C=O) groups is 1. The highest BCUT2D eigenvalue weighted by Gasteiger charge is 2.24. The lowest BCUT2D eigenvalue weighted by molar-refractivity contribution is 0.0526. The number of benzene rings is 3. The first-order valence-corrected chi connectivity index (χ1v) is 12.6. The van der Waals surface area contributed by atoms with Gasteiger partial charge in [-0.1, -0.05) is 26.0 Å². The van der Waals surface area contributed by atoms with Crippen molar-refractivity contribution in [3.63, 3.8) is 0 Å². The summed E-state index contributed by atoms with van der Waals surface area (Å²) in [6.07, 6.45) is 1.56. The molecule has 0 aromatic heterocycles. The number of nitrogens with zero attached hydrogens (tertiary/aromatic N) is 1. The van der Waals surface area contributed by atoms with Crippen LogP contribution in [0.2, 0.25) is 0 Å². The van der Waals surface area contributed by atoms with Crippen molar-refractivity contribution in [3.8, 4) is 22.5 Å². The average molecular weight is 471 g/mol. The van der Waals surface area contributed by atoms with Crippen LogP contribution in [0.1, 0.15) is 56.1 Å². The van der Waals surface area contributed by atoms with Gasteiger partial charge in [0.1, 0.15) is 11.3 Å². The van der Waals surface area contributed by atoms with Crippen molar-refractivity contribution < 1.29 is 13.9 Å². The average Bonchev–Trinajstić information content (AvgIpc) is 2.87. The molecule has 2 aromatic rings. The molecule has 1 aliphatic heterocycles. The van der Waals surface area contributed by atoms with E-state index in [0.29, 0.717) is 23.3 Å². The molecule has 2 aromatic carbocycles. The normalized spacial score (nSPS) is 11.2. The summed E-state index contributed by atoms with van der Waals surface area (Å²) in [5.74, 6) is 0.371. The van der Waals surface area contributed by atoms with Crippen LogP contribution in [0.4, 0.5) is 5.69 Å². The van der Waals surface area contributed by atoms with Gasteiger partial charge >= 0.3 is 5.97 Å². The lowest BCUT2D eigenvalue weighted by Crippen LogP contribution is -2.21. The second kappa shape index (κ2) is 10.3. The van der Waals surface area contributed by atoms with E-state index >= 15 is 0 Å². The number of carbonyl (C=O) groups excluding carboxylic acids is 1. The van der Waals surface area contributed by atoms with Crippen LogP contribution in [-0.2, 0) is 17.6 Å². The molecule has 1 N–H and O–H groups in total. The molecule has 1 heterocycles. The number of hydrogen-bond acceptors (Lipinski definition) is 5. The molecule has 182 valence electrons. The molecular formula is C30H34N2O3. The molecule has 0 unspecified atom stereocenters. The highest BCUT2D eigenvalue weighted by atomic mass is 16.5. The van der Waals surface area contributed by atoms with Crippen molar-refractivity contribution in [2.24, 2.45) is 0 Å². The minimum absolute atomic E-state index is 0.328. The summed E-state index contributed by atoms with van der Waals surface area (Å²) in [5, 5.41) is 10.2. The van der Waals surface area contributed by atoms with E-state index in [1.807, 2.05) is 31.2 Å². The molecule has 0 bridgehead atoms. The zero-order chi connectivity index (χ0) is 25.1. The number of hydrogen-bond donors (Lipinski definition) is 1. The minimum atomic E-state index is -0.328. The van der Waals surface area contributed by atoms with Crippen LogP contribution in [0.15, 0.2) is 52.9 Å². The predicted octanol–water partition coefficient (Wildman–Crippen LogP) is 6.83. The van der Waals surface area contributed by atoms with Gasteiger partial charge in [-0.15, -0.1) is 0 Å². The Kier molecular flexibility index (Phi) is 7.25. The SMILES string of the molecule is CCOC(=O)c1cccc(-c2c3c(CC)c(CC)c(=N)cc-3oc3cc(N(CC)CC)ccc23)c1. The Bertz CT molecular complexity index is 1400. The van der Waals surface area contributed by atoms with Gasteiger partial charge in [0, 0.05) is 47.4 Å². The second-order valence-electron chi connectivity index (χ2n) is 8.59. The Morgan fingerprint density at radius 3 is 2.31 bits per heavy atom. The maximum Gasteiger partial charge on any atom is 0.338 e. The Labute approximate surface area is 207 Å². The molecule has 5 heteroatoms. The molecule has 0 saturated heterocycles. The molecule has 4 rings (SSSR count). The van der Waals surface area contributed by atoms with E-state index in [9.17, 15) is 4.79 Å². The van der Waals surface area contributed by atoms with Gasteiger partial charge in [0.2, 0.25) is 0 Å². The first-order valence-electron chi connectivity index (χ1n) is 12.6. The number of esters is 1. The summed E-state index contributed by atoms with van der Waals surface area (Å²) in [7, 11) is 0. The first-order chi connectivity index (χ1) is 17.0. The molecule has 0 atom stereocenters. The van der Waals surface area contributed by atoms with Crippen LogP contribution in [0.3, 0.4) is 0 Å². The third kappa shape index (κ3) is 4.43. The molecule has 2 aliphatic rings. The lowest BCUT2D eigenvalue weighted by Gasteiger charge is -2.24. The van der Waals surface area contributed by atoms with E-state index in [4.69, 9.17) is 14.6 Å². The minimum Gasteiger partial charge on any atom is -0.462 e. The fourth-order valence-corrected chi connectivity index (χ4v) is 5.06. The van der Waals surface area contributed by atoms with Gasteiger partial charge < -0.3 is 19.5 Å². The Balaban J connectivity index is 2.12. The zero-order valence-corrected chi connectivity index (χ0v) is 21.3. The van der Waals surface area contributed by atoms with E-state index in [1.165, 1.54) is 0 Å². The number of fused-ring (bicyclic) bond motifs is 2. The number of ether oxygens (including phenoxy) is 1. The second-order valence-corrected chi connectivity index (χ2v) is 8.59. The lowest BCUT2D eigenvalue weighted by atomic mass is 9.86. The molecule has 0 amide bonds. The van der Waals surface area contributed by atoms with Gasteiger partial charge in [-0.25, -0.2) is 4.79 Å². The maximum absolute atomic E-state index is 12.5. The fraction of sp³-hybridized carbons (Fsp3) is 0.333.